The fourth-order valence-electron chi connectivity index (χ4n) is 5.26. The van der Waals surface area contributed by atoms with E-state index in [4.69, 9.17) is 10.5 Å². The summed E-state index contributed by atoms with van der Waals surface area (Å²) >= 11 is 0. The number of carbonyl (C=O) groups excluding carboxylic acids is 2. The van der Waals surface area contributed by atoms with Crippen LogP contribution in [0.3, 0.4) is 0 Å². The molecule has 246 valence electrons. The van der Waals surface area contributed by atoms with Gasteiger partial charge < -0.3 is 26.2 Å². The SMILES string of the molecule is Cc1cnc2c(Nc3ncncn3)cc(C(=O)NC[C@](O)(c3cc4c(c(-c5ccc(F)cc5)n3)OC[C@]4(C)C(N)=O)C(F)(F)F)cc2c1. The Labute approximate surface area is 269 Å². The van der Waals surface area contributed by atoms with Gasteiger partial charge in [0.2, 0.25) is 17.5 Å². The summed E-state index contributed by atoms with van der Waals surface area (Å²) in [5.41, 5.74) is 0.625. The van der Waals surface area contributed by atoms with Crippen LogP contribution in [0.15, 0.2) is 67.4 Å². The third-order valence-corrected chi connectivity index (χ3v) is 8.05. The number of aromatic nitrogens is 5. The summed E-state index contributed by atoms with van der Waals surface area (Å²) in [4.78, 5) is 46.2. The van der Waals surface area contributed by atoms with E-state index in [0.717, 1.165) is 23.8 Å². The fraction of sp³-hybridized carbons (Fsp3) is 0.219. The van der Waals surface area contributed by atoms with E-state index >= 15 is 0 Å². The number of hydrogen-bond donors (Lipinski definition) is 4. The molecule has 48 heavy (non-hydrogen) atoms. The Bertz CT molecular complexity index is 2060. The molecular weight excluding hydrogens is 636 g/mol. The van der Waals surface area contributed by atoms with E-state index in [0.29, 0.717) is 10.9 Å². The number of nitrogens with zero attached hydrogens (tertiary/aromatic N) is 5. The first-order valence-corrected chi connectivity index (χ1v) is 14.3. The molecule has 3 aromatic heterocycles. The molecule has 2 atom stereocenters. The van der Waals surface area contributed by atoms with E-state index in [1.54, 1.807) is 19.2 Å². The molecule has 0 unspecified atom stereocenters. The molecule has 2 amide bonds. The summed E-state index contributed by atoms with van der Waals surface area (Å²) in [5.74, 6) is -2.39. The number of primary amides is 1. The number of ether oxygens (including phenoxy) is 1. The summed E-state index contributed by atoms with van der Waals surface area (Å²) in [6.45, 7) is 1.47. The van der Waals surface area contributed by atoms with Gasteiger partial charge in [-0.25, -0.2) is 24.3 Å². The van der Waals surface area contributed by atoms with Gasteiger partial charge in [0, 0.05) is 28.3 Å². The molecule has 1 aliphatic rings. The average molecular weight is 663 g/mol. The third-order valence-electron chi connectivity index (χ3n) is 8.05. The average Bonchev–Trinajstić information content (AvgIpc) is 3.40. The molecule has 16 heteroatoms. The highest BCUT2D eigenvalue weighted by Gasteiger charge is 2.57. The zero-order valence-electron chi connectivity index (χ0n) is 25.3. The Morgan fingerprint density at radius 1 is 1.06 bits per heavy atom. The van der Waals surface area contributed by atoms with Crippen LogP contribution in [0.4, 0.5) is 29.2 Å². The highest BCUT2D eigenvalue weighted by molar-refractivity contribution is 6.02. The van der Waals surface area contributed by atoms with E-state index in [1.165, 1.54) is 43.8 Å². The molecule has 0 saturated heterocycles. The van der Waals surface area contributed by atoms with E-state index in [1.807, 2.05) is 0 Å². The van der Waals surface area contributed by atoms with Crippen molar-refractivity contribution in [2.45, 2.75) is 31.0 Å². The smallest absolute Gasteiger partial charge is 0.424 e. The maximum Gasteiger partial charge on any atom is 0.424 e. The lowest BCUT2D eigenvalue weighted by Gasteiger charge is -2.31. The molecule has 0 fully saturated rings. The first kappa shape index (κ1) is 32.2. The molecule has 4 heterocycles. The highest BCUT2D eigenvalue weighted by atomic mass is 19.4. The first-order chi connectivity index (χ1) is 22.7. The van der Waals surface area contributed by atoms with Gasteiger partial charge in [-0.05, 0) is 67.9 Å². The topological polar surface area (TPSA) is 178 Å². The van der Waals surface area contributed by atoms with Crippen molar-refractivity contribution in [3.63, 3.8) is 0 Å². The number of benzene rings is 2. The number of amides is 2. The van der Waals surface area contributed by atoms with Crippen LogP contribution in [0.5, 0.6) is 5.75 Å². The maximum absolute atomic E-state index is 14.8. The lowest BCUT2D eigenvalue weighted by molar-refractivity contribution is -0.265. The van der Waals surface area contributed by atoms with Gasteiger partial charge in [-0.2, -0.15) is 13.2 Å². The second-order valence-corrected chi connectivity index (χ2v) is 11.5. The number of pyridine rings is 2. The number of nitrogens with one attached hydrogen (secondary N) is 2. The largest absolute Gasteiger partial charge is 0.489 e. The normalized spacial score (nSPS) is 16.9. The second kappa shape index (κ2) is 11.8. The van der Waals surface area contributed by atoms with Crippen LogP contribution in [0.1, 0.15) is 34.1 Å². The molecule has 2 aromatic carbocycles. The third kappa shape index (κ3) is 5.70. The zero-order valence-corrected chi connectivity index (χ0v) is 25.3. The Kier molecular flexibility index (Phi) is 7.91. The molecule has 5 aromatic rings. The van der Waals surface area contributed by atoms with Crippen molar-refractivity contribution in [2.24, 2.45) is 5.73 Å². The van der Waals surface area contributed by atoms with Gasteiger partial charge in [0.05, 0.1) is 23.4 Å². The summed E-state index contributed by atoms with van der Waals surface area (Å²) in [6.07, 6.45) is -1.30. The quantitative estimate of drug-likeness (QED) is 0.178. The van der Waals surface area contributed by atoms with Crippen molar-refractivity contribution in [3.8, 4) is 17.0 Å². The van der Waals surface area contributed by atoms with Crippen molar-refractivity contribution in [2.75, 3.05) is 18.5 Å². The standard InChI is InChI=1S/C32H26F4N8O4/c1-16-7-18-8-19(9-22(24(18)39-11-16)43-29-41-14-38-15-42-29)27(45)40-12-31(47,32(34,35)36)23-10-21-26(48-13-30(21,2)28(37)46)25(44-23)17-3-5-20(33)6-4-17/h3-11,14-15,47H,12-13H2,1-2H3,(H2,37,46)(H,40,45)(H,38,41,42,43)/t30-,31-/m0/s1. The lowest BCUT2D eigenvalue weighted by Crippen LogP contribution is -2.51. The minimum atomic E-state index is -5.39. The van der Waals surface area contributed by atoms with Gasteiger partial charge in [0.25, 0.3) is 5.91 Å². The first-order valence-electron chi connectivity index (χ1n) is 14.3. The number of aryl methyl sites for hydroxylation is 1. The van der Waals surface area contributed by atoms with E-state index in [9.17, 15) is 32.3 Å². The zero-order chi connectivity index (χ0) is 34.4. The number of carbonyl (C=O) groups is 2. The molecule has 5 N–H and O–H groups in total. The number of nitrogens with two attached hydrogens (primary N) is 1. The molecule has 0 aliphatic carbocycles. The molecule has 0 spiro atoms. The Morgan fingerprint density at radius 3 is 2.44 bits per heavy atom. The van der Waals surface area contributed by atoms with Crippen molar-refractivity contribution in [1.29, 1.82) is 0 Å². The molecule has 6 rings (SSSR count). The highest BCUT2D eigenvalue weighted by Crippen LogP contribution is 2.47. The monoisotopic (exact) mass is 662 g/mol. The Balaban J connectivity index is 1.41. The second-order valence-electron chi connectivity index (χ2n) is 11.5. The predicted molar refractivity (Wildman–Crippen MR) is 164 cm³/mol. The van der Waals surface area contributed by atoms with Crippen LogP contribution in [0.2, 0.25) is 0 Å². The molecule has 12 nitrogen and oxygen atoms in total. The number of rotatable bonds is 8. The summed E-state index contributed by atoms with van der Waals surface area (Å²) in [6, 6.07) is 10.1. The summed E-state index contributed by atoms with van der Waals surface area (Å²) in [7, 11) is 0. The molecule has 0 bridgehead atoms. The van der Waals surface area contributed by atoms with Gasteiger partial charge in [0.1, 0.15) is 41.9 Å². The summed E-state index contributed by atoms with van der Waals surface area (Å²) < 4.78 is 63.9. The van der Waals surface area contributed by atoms with Crippen LogP contribution in [0, 0.1) is 12.7 Å². The van der Waals surface area contributed by atoms with Crippen molar-refractivity contribution < 1.29 is 37.0 Å². The van der Waals surface area contributed by atoms with Crippen molar-refractivity contribution >= 4 is 34.4 Å². The number of hydrogen-bond acceptors (Lipinski definition) is 10. The van der Waals surface area contributed by atoms with Gasteiger partial charge in [-0.1, -0.05) is 0 Å². The van der Waals surface area contributed by atoms with Crippen LogP contribution in [-0.2, 0) is 15.8 Å². The predicted octanol–water partition coefficient (Wildman–Crippen LogP) is 3.99. The molecular formula is C32H26F4N8O4. The van der Waals surface area contributed by atoms with Gasteiger partial charge in [-0.3, -0.25) is 14.6 Å². The van der Waals surface area contributed by atoms with Gasteiger partial charge in [-0.15, -0.1) is 0 Å². The Morgan fingerprint density at radius 2 is 1.77 bits per heavy atom. The van der Waals surface area contributed by atoms with Crippen LogP contribution in [0.25, 0.3) is 22.2 Å². The van der Waals surface area contributed by atoms with E-state index in [2.05, 4.69) is 35.6 Å². The molecule has 0 saturated carbocycles. The lowest BCUT2D eigenvalue weighted by atomic mass is 9.81. The van der Waals surface area contributed by atoms with E-state index < -0.39 is 47.1 Å². The van der Waals surface area contributed by atoms with Crippen LogP contribution >= 0.6 is 0 Å². The summed E-state index contributed by atoms with van der Waals surface area (Å²) in [5, 5.41) is 17.0. The van der Waals surface area contributed by atoms with Crippen molar-refractivity contribution in [1.82, 2.24) is 30.2 Å². The number of fused-ring (bicyclic) bond motifs is 2. The Hall–Kier alpha value is -5.77. The van der Waals surface area contributed by atoms with Crippen molar-refractivity contribution in [3.05, 3.63) is 95.6 Å². The number of halogens is 4. The molecule has 1 aliphatic heterocycles. The minimum absolute atomic E-state index is 0.0431. The van der Waals surface area contributed by atoms with Crippen LogP contribution < -0.4 is 21.1 Å². The maximum atomic E-state index is 14.8. The van der Waals surface area contributed by atoms with Gasteiger partial charge in [0.15, 0.2) is 0 Å². The molecule has 0 radical (unpaired) electrons. The van der Waals surface area contributed by atoms with Crippen LogP contribution in [-0.4, -0.2) is 61.2 Å². The fourth-order valence-corrected chi connectivity index (χ4v) is 5.26. The number of alkyl halides is 3. The number of aliphatic hydroxyl groups is 1. The van der Waals surface area contributed by atoms with E-state index in [-0.39, 0.29) is 46.4 Å². The number of anilines is 2. The minimum Gasteiger partial charge on any atom is -0.489 e. The van der Waals surface area contributed by atoms with Gasteiger partial charge >= 0.3 is 6.18 Å².